The molecule has 6 nitrogen and oxygen atoms in total. The van der Waals surface area contributed by atoms with Gasteiger partial charge in [-0.3, -0.25) is 4.79 Å². The lowest BCUT2D eigenvalue weighted by Gasteiger charge is -2.32. The molecule has 1 aromatic carbocycles. The van der Waals surface area contributed by atoms with E-state index in [2.05, 4.69) is 10.1 Å². The molecule has 1 aromatic heterocycles. The van der Waals surface area contributed by atoms with Gasteiger partial charge in [-0.15, -0.1) is 0 Å². The molecule has 2 saturated carbocycles. The van der Waals surface area contributed by atoms with Crippen molar-refractivity contribution in [3.05, 3.63) is 42.0 Å². The molecule has 0 radical (unpaired) electrons. The van der Waals surface area contributed by atoms with E-state index in [1.54, 1.807) is 0 Å². The zero-order valence-electron chi connectivity index (χ0n) is 16.2. The Morgan fingerprint density at radius 1 is 1.26 bits per heavy atom. The van der Waals surface area contributed by atoms with E-state index in [-0.39, 0.29) is 30.4 Å². The van der Waals surface area contributed by atoms with Crippen LogP contribution in [0.1, 0.15) is 50.7 Å². The van der Waals surface area contributed by atoms with Crippen molar-refractivity contribution in [3.8, 4) is 5.75 Å². The lowest BCUT2D eigenvalue weighted by atomic mass is 9.78. The predicted octanol–water partition coefficient (Wildman–Crippen LogP) is 3.65. The van der Waals surface area contributed by atoms with Crippen molar-refractivity contribution in [1.29, 1.82) is 0 Å². The molecule has 1 heterocycles. The van der Waals surface area contributed by atoms with Gasteiger partial charge in [0.1, 0.15) is 5.75 Å². The largest absolute Gasteiger partial charge is 0.485 e. The predicted molar refractivity (Wildman–Crippen MR) is 100 cm³/mol. The van der Waals surface area contributed by atoms with Gasteiger partial charge in [0.15, 0.2) is 6.61 Å². The Balaban J connectivity index is 1.50. The Labute approximate surface area is 159 Å². The van der Waals surface area contributed by atoms with E-state index in [9.17, 15) is 4.79 Å². The fourth-order valence-corrected chi connectivity index (χ4v) is 4.62. The number of benzene rings is 1. The number of ether oxygens (including phenoxy) is 1. The standard InChI is InChI=1S/C21H27N3O3/c1-13(2)24(3)21(25)19-15-10-9-14(11-15)18(19)20-22-17(23-27-20)12-26-16-7-5-4-6-8-16/h4-8,13-15,18-19H,9-12H2,1-3H3/t14-,15+,18+,19+/m1/s1. The molecule has 4 atom stereocenters. The van der Waals surface area contributed by atoms with Crippen molar-refractivity contribution in [2.24, 2.45) is 17.8 Å². The normalized spacial score (nSPS) is 26.5. The van der Waals surface area contributed by atoms with Crippen LogP contribution in [-0.4, -0.2) is 34.0 Å². The Morgan fingerprint density at radius 3 is 2.74 bits per heavy atom. The summed E-state index contributed by atoms with van der Waals surface area (Å²) >= 11 is 0. The first-order valence-electron chi connectivity index (χ1n) is 9.81. The maximum Gasteiger partial charge on any atom is 0.230 e. The van der Waals surface area contributed by atoms with Crippen molar-refractivity contribution in [2.75, 3.05) is 7.05 Å². The van der Waals surface area contributed by atoms with Gasteiger partial charge in [-0.2, -0.15) is 4.98 Å². The molecule has 2 aromatic rings. The zero-order chi connectivity index (χ0) is 19.0. The molecule has 2 fully saturated rings. The number of nitrogens with zero attached hydrogens (tertiary/aromatic N) is 3. The van der Waals surface area contributed by atoms with E-state index in [0.29, 0.717) is 23.6 Å². The second kappa shape index (κ2) is 7.33. The fourth-order valence-electron chi connectivity index (χ4n) is 4.62. The number of carbonyl (C=O) groups is 1. The Hall–Kier alpha value is -2.37. The van der Waals surface area contributed by atoms with E-state index < -0.39 is 0 Å². The molecule has 4 rings (SSSR count). The fraction of sp³-hybridized carbons (Fsp3) is 0.571. The van der Waals surface area contributed by atoms with Crippen LogP contribution < -0.4 is 4.74 Å². The Bertz CT molecular complexity index is 789. The summed E-state index contributed by atoms with van der Waals surface area (Å²) in [5, 5.41) is 4.10. The Morgan fingerprint density at radius 2 is 2.00 bits per heavy atom. The van der Waals surface area contributed by atoms with Crippen LogP contribution in [0, 0.1) is 17.8 Å². The number of amides is 1. The van der Waals surface area contributed by atoms with Crippen LogP contribution in [0.5, 0.6) is 5.75 Å². The summed E-state index contributed by atoms with van der Waals surface area (Å²) < 4.78 is 11.3. The molecule has 1 amide bonds. The van der Waals surface area contributed by atoms with Crippen LogP contribution in [0.25, 0.3) is 0 Å². The van der Waals surface area contributed by atoms with Crippen LogP contribution in [-0.2, 0) is 11.4 Å². The number of hydrogen-bond acceptors (Lipinski definition) is 5. The van der Waals surface area contributed by atoms with Crippen LogP contribution in [0.3, 0.4) is 0 Å². The highest BCUT2D eigenvalue weighted by Gasteiger charge is 2.54. The molecule has 0 unspecified atom stereocenters. The van der Waals surface area contributed by atoms with E-state index in [1.165, 1.54) is 0 Å². The molecule has 0 saturated heterocycles. The highest BCUT2D eigenvalue weighted by atomic mass is 16.5. The molecule has 0 N–H and O–H groups in total. The van der Waals surface area contributed by atoms with Gasteiger partial charge in [-0.25, -0.2) is 0 Å². The van der Waals surface area contributed by atoms with Gasteiger partial charge in [-0.1, -0.05) is 23.4 Å². The minimum Gasteiger partial charge on any atom is -0.485 e. The molecule has 2 bridgehead atoms. The molecular weight excluding hydrogens is 342 g/mol. The van der Waals surface area contributed by atoms with E-state index >= 15 is 0 Å². The van der Waals surface area contributed by atoms with Gasteiger partial charge in [0, 0.05) is 13.1 Å². The summed E-state index contributed by atoms with van der Waals surface area (Å²) in [6, 6.07) is 9.77. The number of aromatic nitrogens is 2. The molecule has 27 heavy (non-hydrogen) atoms. The summed E-state index contributed by atoms with van der Waals surface area (Å²) in [5.74, 6) is 3.01. The molecule has 0 aliphatic heterocycles. The van der Waals surface area contributed by atoms with Gasteiger partial charge in [0.05, 0.1) is 11.8 Å². The number of fused-ring (bicyclic) bond motifs is 2. The van der Waals surface area contributed by atoms with Gasteiger partial charge in [0.2, 0.25) is 17.6 Å². The van der Waals surface area contributed by atoms with Crippen LogP contribution in [0.4, 0.5) is 0 Å². The van der Waals surface area contributed by atoms with Crippen molar-refractivity contribution in [2.45, 2.75) is 51.7 Å². The minimum atomic E-state index is -0.0421. The summed E-state index contributed by atoms with van der Waals surface area (Å²) in [5.41, 5.74) is 0. The lowest BCUT2D eigenvalue weighted by Crippen LogP contribution is -2.42. The van der Waals surface area contributed by atoms with Crippen molar-refractivity contribution < 1.29 is 14.1 Å². The average Bonchev–Trinajstić information content (AvgIpc) is 3.41. The molecule has 2 aliphatic carbocycles. The van der Waals surface area contributed by atoms with Crippen LogP contribution in [0.2, 0.25) is 0 Å². The van der Waals surface area contributed by atoms with Crippen LogP contribution >= 0.6 is 0 Å². The van der Waals surface area contributed by atoms with Gasteiger partial charge in [-0.05, 0) is 57.1 Å². The van der Waals surface area contributed by atoms with Gasteiger partial charge >= 0.3 is 0 Å². The zero-order valence-corrected chi connectivity index (χ0v) is 16.2. The summed E-state index contributed by atoms with van der Waals surface area (Å²) in [6.45, 7) is 4.36. The molecule has 144 valence electrons. The van der Waals surface area contributed by atoms with Crippen molar-refractivity contribution in [3.63, 3.8) is 0 Å². The highest BCUT2D eigenvalue weighted by Crippen LogP contribution is 2.56. The third kappa shape index (κ3) is 3.45. The highest BCUT2D eigenvalue weighted by molar-refractivity contribution is 5.80. The summed E-state index contributed by atoms with van der Waals surface area (Å²) in [4.78, 5) is 19.5. The monoisotopic (exact) mass is 369 g/mol. The molecular formula is C21H27N3O3. The van der Waals surface area contributed by atoms with E-state index in [1.807, 2.05) is 56.1 Å². The average molecular weight is 369 g/mol. The second-order valence-corrected chi connectivity index (χ2v) is 8.08. The van der Waals surface area contributed by atoms with Crippen molar-refractivity contribution >= 4 is 5.91 Å². The van der Waals surface area contributed by atoms with E-state index in [0.717, 1.165) is 25.0 Å². The number of hydrogen-bond donors (Lipinski definition) is 0. The third-order valence-electron chi connectivity index (χ3n) is 6.20. The smallest absolute Gasteiger partial charge is 0.230 e. The number of rotatable bonds is 6. The first kappa shape index (κ1) is 18.0. The van der Waals surface area contributed by atoms with Gasteiger partial charge in [0.25, 0.3) is 0 Å². The Kier molecular flexibility index (Phi) is 4.89. The maximum atomic E-state index is 13.1. The topological polar surface area (TPSA) is 68.5 Å². The second-order valence-electron chi connectivity index (χ2n) is 8.08. The summed E-state index contributed by atoms with van der Waals surface area (Å²) in [7, 11) is 1.89. The lowest BCUT2D eigenvalue weighted by molar-refractivity contribution is -0.138. The molecule has 0 spiro atoms. The minimum absolute atomic E-state index is 0.0374. The molecule has 2 aliphatic rings. The summed E-state index contributed by atoms with van der Waals surface area (Å²) in [6.07, 6.45) is 3.36. The molecule has 6 heteroatoms. The number of carbonyl (C=O) groups excluding carboxylic acids is 1. The first-order chi connectivity index (χ1) is 13.0. The SMILES string of the molecule is CC(C)N(C)C(=O)[C@H]1[C@H]2CC[C@H](C2)[C@@H]1c1nc(COc2ccccc2)no1. The maximum absolute atomic E-state index is 13.1. The number of para-hydroxylation sites is 1. The van der Waals surface area contributed by atoms with E-state index in [4.69, 9.17) is 9.26 Å². The van der Waals surface area contributed by atoms with Crippen LogP contribution in [0.15, 0.2) is 34.9 Å². The third-order valence-corrected chi connectivity index (χ3v) is 6.20. The first-order valence-corrected chi connectivity index (χ1v) is 9.81. The van der Waals surface area contributed by atoms with Crippen molar-refractivity contribution in [1.82, 2.24) is 15.0 Å². The van der Waals surface area contributed by atoms with Gasteiger partial charge < -0.3 is 14.2 Å². The quantitative estimate of drug-likeness (QED) is 0.777.